The van der Waals surface area contributed by atoms with Gasteiger partial charge >= 0.3 is 0 Å². The fourth-order valence-electron chi connectivity index (χ4n) is 2.76. The minimum atomic E-state index is 0.106. The molecule has 3 N–H and O–H groups in total. The van der Waals surface area contributed by atoms with Gasteiger partial charge in [-0.3, -0.25) is 0 Å². The molecule has 0 saturated heterocycles. The van der Waals surface area contributed by atoms with Crippen molar-refractivity contribution in [1.29, 1.82) is 0 Å². The van der Waals surface area contributed by atoms with Gasteiger partial charge in [-0.25, -0.2) is 0 Å². The van der Waals surface area contributed by atoms with E-state index in [9.17, 15) is 5.11 Å². The first-order chi connectivity index (χ1) is 8.25. The lowest BCUT2D eigenvalue weighted by Crippen LogP contribution is -2.25. The molecule has 0 heterocycles. The van der Waals surface area contributed by atoms with Gasteiger partial charge in [-0.05, 0) is 35.2 Å². The Morgan fingerprint density at radius 1 is 1.06 bits per heavy atom. The number of fused-ring (bicyclic) bond motifs is 1. The molecule has 2 nitrogen and oxygen atoms in total. The van der Waals surface area contributed by atoms with Crippen LogP contribution in [0.5, 0.6) is 5.75 Å². The number of rotatable bonds is 1. The largest absolute Gasteiger partial charge is 0.508 e. The fourth-order valence-corrected chi connectivity index (χ4v) is 2.76. The molecule has 0 fully saturated rings. The maximum absolute atomic E-state index is 9.50. The van der Waals surface area contributed by atoms with Gasteiger partial charge in [0.1, 0.15) is 5.75 Å². The van der Waals surface area contributed by atoms with Gasteiger partial charge in [-0.2, -0.15) is 0 Å². The first kappa shape index (κ1) is 10.4. The topological polar surface area (TPSA) is 46.2 Å². The molecule has 1 aliphatic rings. The third kappa shape index (κ3) is 1.71. The van der Waals surface area contributed by atoms with E-state index in [2.05, 4.69) is 12.1 Å². The SMILES string of the molecule is N[C@H]1Cc2cc(O)ccc2[C@@H]1c1ccccc1. The molecule has 0 aromatic heterocycles. The normalized spacial score (nSPS) is 22.4. The highest BCUT2D eigenvalue weighted by atomic mass is 16.3. The third-order valence-corrected chi connectivity index (χ3v) is 3.50. The smallest absolute Gasteiger partial charge is 0.115 e. The van der Waals surface area contributed by atoms with Crippen molar-refractivity contribution >= 4 is 0 Å². The van der Waals surface area contributed by atoms with Crippen LogP contribution in [-0.2, 0) is 6.42 Å². The first-order valence-electron chi connectivity index (χ1n) is 5.88. The van der Waals surface area contributed by atoms with Gasteiger partial charge < -0.3 is 10.8 Å². The zero-order valence-corrected chi connectivity index (χ0v) is 9.51. The van der Waals surface area contributed by atoms with E-state index in [-0.39, 0.29) is 12.0 Å². The summed E-state index contributed by atoms with van der Waals surface area (Å²) in [6.45, 7) is 0. The molecule has 0 unspecified atom stereocenters. The molecular formula is C15H15NO. The Morgan fingerprint density at radius 3 is 2.59 bits per heavy atom. The molecule has 86 valence electrons. The monoisotopic (exact) mass is 225 g/mol. The third-order valence-electron chi connectivity index (χ3n) is 3.50. The van der Waals surface area contributed by atoms with Crippen LogP contribution < -0.4 is 5.73 Å². The highest BCUT2D eigenvalue weighted by molar-refractivity contribution is 5.47. The molecular weight excluding hydrogens is 210 g/mol. The molecule has 0 radical (unpaired) electrons. The second kappa shape index (κ2) is 3.90. The molecule has 17 heavy (non-hydrogen) atoms. The van der Waals surface area contributed by atoms with Crippen LogP contribution in [0, 0.1) is 0 Å². The van der Waals surface area contributed by atoms with Gasteiger partial charge in [0, 0.05) is 12.0 Å². The highest BCUT2D eigenvalue weighted by Gasteiger charge is 2.30. The number of hydrogen-bond donors (Lipinski definition) is 2. The van der Waals surface area contributed by atoms with Gasteiger partial charge in [-0.1, -0.05) is 36.4 Å². The van der Waals surface area contributed by atoms with Crippen molar-refractivity contribution in [2.75, 3.05) is 0 Å². The Bertz CT molecular complexity index is 536. The zero-order chi connectivity index (χ0) is 11.8. The first-order valence-corrected chi connectivity index (χ1v) is 5.88. The summed E-state index contributed by atoms with van der Waals surface area (Å²) in [5.74, 6) is 0.580. The summed E-state index contributed by atoms with van der Waals surface area (Å²) in [5.41, 5.74) is 9.91. The molecule has 2 atom stereocenters. The Hall–Kier alpha value is -1.80. The second-order valence-corrected chi connectivity index (χ2v) is 4.64. The maximum Gasteiger partial charge on any atom is 0.115 e. The van der Waals surface area contributed by atoms with Crippen molar-refractivity contribution in [3.05, 3.63) is 65.2 Å². The Morgan fingerprint density at radius 2 is 1.82 bits per heavy atom. The summed E-state index contributed by atoms with van der Waals surface area (Å²) < 4.78 is 0. The number of aromatic hydroxyl groups is 1. The number of hydrogen-bond acceptors (Lipinski definition) is 2. The lowest BCUT2D eigenvalue weighted by Gasteiger charge is -2.17. The summed E-state index contributed by atoms with van der Waals surface area (Å²) >= 11 is 0. The Labute approximate surface area is 101 Å². The molecule has 0 spiro atoms. The van der Waals surface area contributed by atoms with Crippen molar-refractivity contribution in [2.24, 2.45) is 5.73 Å². The predicted molar refractivity (Wildman–Crippen MR) is 68.1 cm³/mol. The van der Waals surface area contributed by atoms with Gasteiger partial charge in [0.15, 0.2) is 0 Å². The maximum atomic E-state index is 9.50. The zero-order valence-electron chi connectivity index (χ0n) is 9.51. The lowest BCUT2D eigenvalue weighted by molar-refractivity contribution is 0.474. The molecule has 2 heteroatoms. The van der Waals surface area contributed by atoms with Gasteiger partial charge in [0.25, 0.3) is 0 Å². The van der Waals surface area contributed by atoms with Crippen LogP contribution in [0.25, 0.3) is 0 Å². The minimum absolute atomic E-state index is 0.106. The molecule has 0 amide bonds. The van der Waals surface area contributed by atoms with Crippen LogP contribution in [0.1, 0.15) is 22.6 Å². The number of phenolic OH excluding ortho intramolecular Hbond substituents is 1. The van der Waals surface area contributed by atoms with Crippen LogP contribution in [0.3, 0.4) is 0 Å². The lowest BCUT2D eigenvalue weighted by atomic mass is 9.91. The van der Waals surface area contributed by atoms with Crippen molar-refractivity contribution in [3.63, 3.8) is 0 Å². The quantitative estimate of drug-likeness (QED) is 0.783. The highest BCUT2D eigenvalue weighted by Crippen LogP contribution is 2.38. The van der Waals surface area contributed by atoms with Crippen molar-refractivity contribution in [2.45, 2.75) is 18.4 Å². The van der Waals surface area contributed by atoms with Crippen molar-refractivity contribution in [3.8, 4) is 5.75 Å². The van der Waals surface area contributed by atoms with Crippen LogP contribution in [0.15, 0.2) is 48.5 Å². The summed E-state index contributed by atoms with van der Waals surface area (Å²) in [6.07, 6.45) is 0.837. The van der Waals surface area contributed by atoms with E-state index in [1.54, 1.807) is 6.07 Å². The minimum Gasteiger partial charge on any atom is -0.508 e. The van der Waals surface area contributed by atoms with E-state index in [1.165, 1.54) is 16.7 Å². The van der Waals surface area contributed by atoms with E-state index >= 15 is 0 Å². The van der Waals surface area contributed by atoms with Crippen LogP contribution in [0.4, 0.5) is 0 Å². The Balaban J connectivity index is 2.09. The van der Waals surface area contributed by atoms with Gasteiger partial charge in [-0.15, -0.1) is 0 Å². The molecule has 2 aromatic carbocycles. The van der Waals surface area contributed by atoms with Crippen LogP contribution in [0.2, 0.25) is 0 Å². The van der Waals surface area contributed by atoms with Crippen molar-refractivity contribution < 1.29 is 5.11 Å². The van der Waals surface area contributed by atoms with Crippen LogP contribution in [-0.4, -0.2) is 11.1 Å². The summed E-state index contributed by atoms with van der Waals surface area (Å²) in [7, 11) is 0. The summed E-state index contributed by atoms with van der Waals surface area (Å²) in [4.78, 5) is 0. The van der Waals surface area contributed by atoms with Crippen LogP contribution >= 0.6 is 0 Å². The van der Waals surface area contributed by atoms with E-state index in [0.29, 0.717) is 5.75 Å². The molecule has 2 aromatic rings. The number of nitrogens with two attached hydrogens (primary N) is 1. The molecule has 0 saturated carbocycles. The molecule has 3 rings (SSSR count). The molecule has 0 bridgehead atoms. The van der Waals surface area contributed by atoms with E-state index in [0.717, 1.165) is 6.42 Å². The number of benzene rings is 2. The average molecular weight is 225 g/mol. The van der Waals surface area contributed by atoms with E-state index in [4.69, 9.17) is 5.73 Å². The molecule has 0 aliphatic heterocycles. The number of phenols is 1. The standard InChI is InChI=1S/C15H15NO/c16-14-9-11-8-12(17)6-7-13(11)15(14)10-4-2-1-3-5-10/h1-8,14-15,17H,9,16H2/t14-,15-/m0/s1. The summed E-state index contributed by atoms with van der Waals surface area (Å²) in [5, 5.41) is 9.50. The van der Waals surface area contributed by atoms with Gasteiger partial charge in [0.05, 0.1) is 0 Å². The van der Waals surface area contributed by atoms with Gasteiger partial charge in [0.2, 0.25) is 0 Å². The average Bonchev–Trinajstić information content (AvgIpc) is 2.65. The van der Waals surface area contributed by atoms with Crippen molar-refractivity contribution in [1.82, 2.24) is 0 Å². The summed E-state index contributed by atoms with van der Waals surface area (Å²) in [6, 6.07) is 16.0. The molecule has 1 aliphatic carbocycles. The fraction of sp³-hybridized carbons (Fsp3) is 0.200. The Kier molecular flexibility index (Phi) is 2.37. The van der Waals surface area contributed by atoms with E-state index in [1.807, 2.05) is 30.3 Å². The van der Waals surface area contributed by atoms with E-state index < -0.39 is 0 Å². The predicted octanol–water partition coefficient (Wildman–Crippen LogP) is 2.41. The second-order valence-electron chi connectivity index (χ2n) is 4.64.